The van der Waals surface area contributed by atoms with Gasteiger partial charge in [0.25, 0.3) is 0 Å². The van der Waals surface area contributed by atoms with E-state index in [0.29, 0.717) is 0 Å². The van der Waals surface area contributed by atoms with Crippen LogP contribution < -0.4 is 0 Å². The Labute approximate surface area is 181 Å². The average molecular weight is 380 g/mol. The summed E-state index contributed by atoms with van der Waals surface area (Å²) in [5, 5.41) is 0. The third kappa shape index (κ3) is 12.5. The van der Waals surface area contributed by atoms with E-state index in [0.717, 1.165) is 11.1 Å². The topological polar surface area (TPSA) is 0 Å². The zero-order valence-corrected chi connectivity index (χ0v) is 16.6. The van der Waals surface area contributed by atoms with E-state index in [1.165, 1.54) is 0 Å². The predicted octanol–water partition coefficient (Wildman–Crippen LogP) is 5.60. The van der Waals surface area contributed by atoms with Crippen molar-refractivity contribution < 1.29 is 21.7 Å². The van der Waals surface area contributed by atoms with Crippen molar-refractivity contribution in [2.45, 2.75) is 0 Å². The molecule has 2 fully saturated rings. The van der Waals surface area contributed by atoms with Crippen molar-refractivity contribution in [2.24, 2.45) is 0 Å². The minimum atomic E-state index is 0. The largest absolute Gasteiger partial charge is 2.00 e. The molecule has 0 N–H and O–H groups in total. The smallest absolute Gasteiger partial charge is 0.296 e. The molecule has 4 rings (SSSR count). The molecular weight excluding hydrogens is 360 g/mol. The first-order valence-electron chi connectivity index (χ1n) is 8.40. The zero-order chi connectivity index (χ0) is 18.1. The van der Waals surface area contributed by atoms with E-state index >= 15 is 0 Å². The fourth-order valence-corrected chi connectivity index (χ4v) is 1.89. The van der Waals surface area contributed by atoms with Crippen LogP contribution >= 0.6 is 0 Å². The molecule has 1 heteroatoms. The first-order valence-corrected chi connectivity index (χ1v) is 8.40. The van der Waals surface area contributed by atoms with Crippen molar-refractivity contribution >= 4 is 0 Å². The summed E-state index contributed by atoms with van der Waals surface area (Å²) < 4.78 is 0. The summed E-state index contributed by atoms with van der Waals surface area (Å²) in [6.45, 7) is 0. The fourth-order valence-electron chi connectivity index (χ4n) is 1.89. The third-order valence-electron chi connectivity index (χ3n) is 3.13. The quantitative estimate of drug-likeness (QED) is 0.362. The first kappa shape index (κ1) is 23.5. The van der Waals surface area contributed by atoms with Gasteiger partial charge in [0.2, 0.25) is 0 Å². The van der Waals surface area contributed by atoms with Gasteiger partial charge in [0.15, 0.2) is 0 Å². The molecule has 0 amide bonds. The van der Waals surface area contributed by atoms with E-state index in [1.54, 1.807) is 0 Å². The van der Waals surface area contributed by atoms with Gasteiger partial charge >= 0.3 is 21.7 Å². The van der Waals surface area contributed by atoms with E-state index in [-0.39, 0.29) is 21.7 Å². The molecule has 0 atom stereocenters. The van der Waals surface area contributed by atoms with Gasteiger partial charge in [-0.15, -0.1) is 60.7 Å². The Hall–Kier alpha value is -1.55. The summed E-state index contributed by atoms with van der Waals surface area (Å²) in [5.74, 6) is 0. The number of hydrogen-bond acceptors (Lipinski definition) is 0. The molecule has 0 heterocycles. The molecule has 2 aromatic rings. The third-order valence-corrected chi connectivity index (χ3v) is 3.13. The summed E-state index contributed by atoms with van der Waals surface area (Å²) in [6, 6.07) is 19.7. The standard InChI is InChI=1S/C16H10.2C5H5.Ti/c1-3-9-15(10-4-1)13-7-8-14-16-11-5-2-6-12-16;2*1-2-4-5-3-1;/h1-6,9-12H;2*1-5H;/q-2;;;+2. The van der Waals surface area contributed by atoms with Crippen molar-refractivity contribution in [3.05, 3.63) is 160 Å². The van der Waals surface area contributed by atoms with Crippen LogP contribution in [0.2, 0.25) is 0 Å². The van der Waals surface area contributed by atoms with Crippen LogP contribution in [0.4, 0.5) is 0 Å². The molecule has 0 nitrogen and oxygen atoms in total. The molecule has 2 aliphatic carbocycles. The average Bonchev–Trinajstić information content (AvgIpc) is 3.46. The maximum absolute atomic E-state index is 2.99. The van der Waals surface area contributed by atoms with E-state index in [9.17, 15) is 0 Å². The van der Waals surface area contributed by atoms with Gasteiger partial charge in [0.1, 0.15) is 0 Å². The molecule has 0 unspecified atom stereocenters. The second kappa shape index (κ2) is 16.6. The summed E-state index contributed by atoms with van der Waals surface area (Å²) in [5.41, 5.74) is 7.66. The second-order valence-corrected chi connectivity index (χ2v) is 5.16. The van der Waals surface area contributed by atoms with E-state index < -0.39 is 0 Å². The van der Waals surface area contributed by atoms with Crippen molar-refractivity contribution in [1.82, 2.24) is 0 Å². The van der Waals surface area contributed by atoms with Crippen molar-refractivity contribution in [2.75, 3.05) is 0 Å². The van der Waals surface area contributed by atoms with Crippen LogP contribution in [-0.4, -0.2) is 0 Å². The maximum atomic E-state index is 2.99. The first-order chi connectivity index (χ1) is 12.9. The number of benzene rings is 2. The van der Waals surface area contributed by atoms with Gasteiger partial charge in [-0.25, -0.2) is 0 Å². The summed E-state index contributed by atoms with van der Waals surface area (Å²) in [6.07, 6.45) is 26.0. The maximum Gasteiger partial charge on any atom is 2.00 e. The van der Waals surface area contributed by atoms with E-state index in [4.69, 9.17) is 0 Å². The van der Waals surface area contributed by atoms with Crippen LogP contribution in [0.15, 0.2) is 72.1 Å². The van der Waals surface area contributed by atoms with Crippen LogP contribution in [0.3, 0.4) is 0 Å². The van der Waals surface area contributed by atoms with Crippen LogP contribution in [0.5, 0.6) is 0 Å². The summed E-state index contributed by atoms with van der Waals surface area (Å²) in [4.78, 5) is 0. The van der Waals surface area contributed by atoms with Crippen molar-refractivity contribution in [3.8, 4) is 0 Å². The SMILES string of the molecule is C(=C=[C-]c1ccccc1)=[C-]c1ccccc1.[CH]1[CH][CH][CH][CH]1.[CH]1[CH][CH][CH][CH]1.[Ti+2]. The van der Waals surface area contributed by atoms with Crippen molar-refractivity contribution in [1.29, 1.82) is 0 Å². The Morgan fingerprint density at radius 1 is 0.407 bits per heavy atom. The molecule has 0 spiro atoms. The Kier molecular flexibility index (Phi) is 14.5. The van der Waals surface area contributed by atoms with Crippen LogP contribution in [0.1, 0.15) is 11.1 Å². The van der Waals surface area contributed by atoms with Crippen LogP contribution in [-0.2, 0) is 21.7 Å². The number of hydrogen-bond donors (Lipinski definition) is 0. The van der Waals surface area contributed by atoms with Crippen molar-refractivity contribution in [3.63, 3.8) is 0 Å². The normalized spacial score (nSPS) is 14.1. The molecule has 128 valence electrons. The van der Waals surface area contributed by atoms with Crippen LogP contribution in [0, 0.1) is 76.4 Å². The van der Waals surface area contributed by atoms with Gasteiger partial charge in [-0.3, -0.25) is 11.5 Å². The molecule has 0 aliphatic heterocycles. The molecule has 27 heavy (non-hydrogen) atoms. The van der Waals surface area contributed by atoms with Gasteiger partial charge in [-0.1, -0.05) is 12.1 Å². The Balaban J connectivity index is 0.000000270. The van der Waals surface area contributed by atoms with E-state index in [1.807, 2.05) is 125 Å². The molecule has 0 aromatic heterocycles. The number of rotatable bonds is 2. The fraction of sp³-hybridized carbons (Fsp3) is 0. The van der Waals surface area contributed by atoms with Gasteiger partial charge in [0.05, 0.1) is 0 Å². The zero-order valence-electron chi connectivity index (χ0n) is 15.0. The van der Waals surface area contributed by atoms with Gasteiger partial charge in [-0.2, -0.15) is 11.1 Å². The molecule has 10 radical (unpaired) electrons. The summed E-state index contributed by atoms with van der Waals surface area (Å²) >= 11 is 0. The van der Waals surface area contributed by atoms with Gasteiger partial charge < -0.3 is 0 Å². The Morgan fingerprint density at radius 2 is 0.667 bits per heavy atom. The molecular formula is C26H20Ti. The van der Waals surface area contributed by atoms with E-state index in [2.05, 4.69) is 23.6 Å². The molecule has 0 saturated heterocycles. The molecule has 2 aliphatic rings. The molecule has 0 bridgehead atoms. The predicted molar refractivity (Wildman–Crippen MR) is 108 cm³/mol. The molecule has 2 aromatic carbocycles. The van der Waals surface area contributed by atoms with Gasteiger partial charge in [-0.05, 0) is 64.2 Å². The second-order valence-electron chi connectivity index (χ2n) is 5.16. The summed E-state index contributed by atoms with van der Waals surface area (Å²) in [7, 11) is 0. The Bertz CT molecular complexity index is 590. The minimum absolute atomic E-state index is 0. The minimum Gasteiger partial charge on any atom is -0.296 e. The molecule has 2 saturated carbocycles. The monoisotopic (exact) mass is 380 g/mol. The van der Waals surface area contributed by atoms with Gasteiger partial charge in [0, 0.05) is 0 Å². The van der Waals surface area contributed by atoms with Crippen LogP contribution in [0.25, 0.3) is 0 Å². The Morgan fingerprint density at radius 3 is 0.926 bits per heavy atom.